The van der Waals surface area contributed by atoms with E-state index in [9.17, 15) is 57.0 Å². The van der Waals surface area contributed by atoms with Crippen molar-refractivity contribution < 1.29 is 57.0 Å². The zero-order valence-corrected chi connectivity index (χ0v) is 28.1. The molecule has 0 fully saturated rings. The lowest BCUT2D eigenvalue weighted by molar-refractivity contribution is 0.472. The van der Waals surface area contributed by atoms with E-state index in [4.69, 9.17) is 11.5 Å². The molecule has 5 rings (SSSR count). The smallest absolute Gasteiger partial charge is 0.297 e. The van der Waals surface area contributed by atoms with Crippen molar-refractivity contribution in [2.45, 2.75) is 26.5 Å². The van der Waals surface area contributed by atoms with Crippen LogP contribution in [0.25, 0.3) is 21.5 Å². The average molecular weight is 767 g/mol. The lowest BCUT2D eigenvalue weighted by Crippen LogP contribution is -2.03. The monoisotopic (exact) mass is 766 g/mol. The first-order valence-corrected chi connectivity index (χ1v) is 19.0. The molecule has 0 amide bonds. The topological polar surface area (TPSA) is 339 Å². The molecule has 0 radical (unpaired) electrons. The van der Waals surface area contributed by atoms with Gasteiger partial charge < -0.3 is 16.6 Å². The summed E-state index contributed by atoms with van der Waals surface area (Å²) in [5.74, 6) is -1.01. The fourth-order valence-corrected chi connectivity index (χ4v) is 7.81. The number of anilines is 2. The highest BCUT2D eigenvalue weighted by Gasteiger charge is 2.27. The normalized spacial score (nSPS) is 13.2. The molecule has 0 atom stereocenters. The summed E-state index contributed by atoms with van der Waals surface area (Å²) in [5.41, 5.74) is 9.46. The number of phenols is 1. The van der Waals surface area contributed by atoms with E-state index in [0.29, 0.717) is 0 Å². The fourth-order valence-electron chi connectivity index (χ4n) is 5.01. The van der Waals surface area contributed by atoms with Crippen molar-refractivity contribution in [3.63, 3.8) is 0 Å². The van der Waals surface area contributed by atoms with Gasteiger partial charge in [0.05, 0.1) is 11.1 Å². The van der Waals surface area contributed by atoms with Crippen molar-refractivity contribution in [2.24, 2.45) is 20.5 Å². The summed E-state index contributed by atoms with van der Waals surface area (Å²) in [6, 6.07) is 10.4. The third-order valence-corrected chi connectivity index (χ3v) is 10.7. The van der Waals surface area contributed by atoms with Gasteiger partial charge in [-0.2, -0.15) is 33.7 Å². The van der Waals surface area contributed by atoms with Crippen molar-refractivity contribution in [3.8, 4) is 5.75 Å². The number of azo groups is 2. The summed E-state index contributed by atoms with van der Waals surface area (Å²) in [6.45, 7) is 1.42. The minimum Gasteiger partial charge on any atom is -0.505 e. The molecular formula is C27H22N6O13S4. The summed E-state index contributed by atoms with van der Waals surface area (Å²) >= 11 is 0. The van der Waals surface area contributed by atoms with Gasteiger partial charge in [0.15, 0.2) is 5.75 Å². The molecule has 0 heterocycles. The van der Waals surface area contributed by atoms with Crippen LogP contribution >= 0.6 is 0 Å². The Bertz CT molecular complexity index is 2810. The van der Waals surface area contributed by atoms with Crippen LogP contribution in [-0.2, 0) is 40.5 Å². The van der Waals surface area contributed by atoms with Gasteiger partial charge in [0, 0.05) is 16.5 Å². The highest BCUT2D eigenvalue weighted by atomic mass is 32.2. The predicted molar refractivity (Wildman–Crippen MR) is 177 cm³/mol. The molecule has 5 aromatic rings. The predicted octanol–water partition coefficient (Wildman–Crippen LogP) is 4.99. The molecule has 0 spiro atoms. The van der Waals surface area contributed by atoms with Crippen LogP contribution in [0.1, 0.15) is 5.56 Å². The Morgan fingerprint density at radius 3 is 1.78 bits per heavy atom. The minimum atomic E-state index is -5.15. The first-order chi connectivity index (χ1) is 23.0. The van der Waals surface area contributed by atoms with Crippen molar-refractivity contribution >= 4 is 96.1 Å². The highest BCUT2D eigenvalue weighted by molar-refractivity contribution is 7.87. The van der Waals surface area contributed by atoms with Gasteiger partial charge in [-0.3, -0.25) is 18.2 Å². The van der Waals surface area contributed by atoms with E-state index in [0.717, 1.165) is 54.6 Å². The standard InChI is InChI=1S/C27H22N6O13S4/c1-12-9-13-10-21(49(41,42)43)25(33-31-18-11-14(28)5-8-20(18)48(38,39)40)26(34)22(13)23(29)24(12)32-30-17-7-6-15-16(27(17)50(44,45)46)3-2-4-19(15)47(35,36)37/h2-11,34H,28-29H2,1H3,(H,35,36,37)(H,38,39,40)(H,41,42,43)(H,44,45,46). The van der Waals surface area contributed by atoms with Crippen LogP contribution in [0.15, 0.2) is 101 Å². The Morgan fingerprint density at radius 2 is 1.18 bits per heavy atom. The van der Waals surface area contributed by atoms with E-state index in [2.05, 4.69) is 20.5 Å². The number of benzene rings is 5. The third-order valence-electron chi connectivity index (χ3n) is 7.08. The quantitative estimate of drug-likeness (QED) is 0.0621. The summed E-state index contributed by atoms with van der Waals surface area (Å²) in [6.07, 6.45) is 0. The van der Waals surface area contributed by atoms with Crippen LogP contribution in [-0.4, -0.2) is 57.0 Å². The van der Waals surface area contributed by atoms with Gasteiger partial charge in [0.1, 0.15) is 42.3 Å². The number of nitrogens with two attached hydrogens (primary N) is 2. The first kappa shape index (κ1) is 36.1. The molecular weight excluding hydrogens is 745 g/mol. The van der Waals surface area contributed by atoms with Crippen molar-refractivity contribution in [1.29, 1.82) is 0 Å². The van der Waals surface area contributed by atoms with Gasteiger partial charge in [-0.25, -0.2) is 0 Å². The molecule has 0 aliphatic rings. The number of phenolic OH excluding ortho intramolecular Hbond substituents is 1. The number of aryl methyl sites for hydroxylation is 1. The minimum absolute atomic E-state index is 0.0405. The van der Waals surface area contributed by atoms with Crippen LogP contribution in [0.5, 0.6) is 5.75 Å². The Balaban J connectivity index is 1.75. The second kappa shape index (κ2) is 12.3. The molecule has 0 aliphatic carbocycles. The summed E-state index contributed by atoms with van der Waals surface area (Å²) in [4.78, 5) is -3.31. The van der Waals surface area contributed by atoms with Gasteiger partial charge in [-0.1, -0.05) is 18.2 Å². The van der Waals surface area contributed by atoms with Gasteiger partial charge in [0.2, 0.25) is 0 Å². The summed E-state index contributed by atoms with van der Waals surface area (Å²) in [7, 11) is -20.0. The molecule has 0 aromatic heterocycles. The lowest BCUT2D eigenvalue weighted by Gasteiger charge is -2.14. The number of aromatic hydroxyl groups is 1. The first-order valence-electron chi connectivity index (χ1n) is 13.3. The Hall–Kier alpha value is -5.14. The summed E-state index contributed by atoms with van der Waals surface area (Å²) < 4.78 is 136. The van der Waals surface area contributed by atoms with Crippen molar-refractivity contribution in [1.82, 2.24) is 0 Å². The van der Waals surface area contributed by atoms with Crippen LogP contribution in [0, 0.1) is 6.92 Å². The Morgan fingerprint density at radius 1 is 0.580 bits per heavy atom. The number of nitrogen functional groups attached to an aromatic ring is 2. The molecule has 19 nitrogen and oxygen atoms in total. The fraction of sp³-hybridized carbons (Fsp3) is 0.0370. The van der Waals surface area contributed by atoms with Gasteiger partial charge in [-0.15, -0.1) is 20.5 Å². The lowest BCUT2D eigenvalue weighted by atomic mass is 10.0. The number of nitrogens with zero attached hydrogens (tertiary/aromatic N) is 4. The molecule has 0 saturated heterocycles. The van der Waals surface area contributed by atoms with Crippen LogP contribution in [0.2, 0.25) is 0 Å². The second-order valence-corrected chi connectivity index (χ2v) is 15.9. The maximum absolute atomic E-state index is 12.4. The SMILES string of the molecule is Cc1cc2cc(S(=O)(=O)O)c(N=Nc3cc(N)ccc3S(=O)(=O)O)c(O)c2c(N)c1N=Nc1ccc2c(S(=O)(=O)O)cccc2c1S(=O)(=O)O. The largest absolute Gasteiger partial charge is 0.505 e. The number of hydrogen-bond acceptors (Lipinski definition) is 15. The number of rotatable bonds is 8. The molecule has 0 aliphatic heterocycles. The van der Waals surface area contributed by atoms with Gasteiger partial charge in [0.25, 0.3) is 40.5 Å². The van der Waals surface area contributed by atoms with Crippen LogP contribution in [0.4, 0.5) is 34.1 Å². The maximum atomic E-state index is 12.4. The van der Waals surface area contributed by atoms with Crippen LogP contribution < -0.4 is 11.5 Å². The molecule has 23 heteroatoms. The van der Waals surface area contributed by atoms with Crippen molar-refractivity contribution in [3.05, 3.63) is 66.2 Å². The van der Waals surface area contributed by atoms with E-state index < -0.39 is 88.6 Å². The van der Waals surface area contributed by atoms with Gasteiger partial charge >= 0.3 is 0 Å². The zero-order valence-electron chi connectivity index (χ0n) is 24.9. The Labute approximate surface area is 282 Å². The van der Waals surface area contributed by atoms with Crippen molar-refractivity contribution in [2.75, 3.05) is 11.5 Å². The molecule has 262 valence electrons. The van der Waals surface area contributed by atoms with E-state index in [1.807, 2.05) is 0 Å². The van der Waals surface area contributed by atoms with E-state index in [-0.39, 0.29) is 38.5 Å². The van der Waals surface area contributed by atoms with E-state index in [1.54, 1.807) is 0 Å². The molecule has 0 saturated carbocycles. The molecule has 9 N–H and O–H groups in total. The van der Waals surface area contributed by atoms with E-state index >= 15 is 0 Å². The molecule has 0 bridgehead atoms. The Kier molecular flexibility index (Phi) is 8.91. The third kappa shape index (κ3) is 6.83. The molecule has 50 heavy (non-hydrogen) atoms. The van der Waals surface area contributed by atoms with E-state index in [1.165, 1.54) is 13.0 Å². The number of fused-ring (bicyclic) bond motifs is 2. The van der Waals surface area contributed by atoms with Crippen LogP contribution in [0.3, 0.4) is 0 Å². The highest BCUT2D eigenvalue weighted by Crippen LogP contribution is 2.48. The molecule has 0 unspecified atom stereocenters. The summed E-state index contributed by atoms with van der Waals surface area (Å²) in [5, 5.41) is 25.3. The molecule has 5 aromatic carbocycles. The van der Waals surface area contributed by atoms with Gasteiger partial charge in [-0.05, 0) is 60.3 Å². The zero-order chi connectivity index (χ0) is 37.1. The second-order valence-electron chi connectivity index (χ2n) is 10.4. The number of hydrogen-bond donors (Lipinski definition) is 7. The average Bonchev–Trinajstić information content (AvgIpc) is 2.97. The maximum Gasteiger partial charge on any atom is 0.297 e.